The maximum atomic E-state index is 12.7. The number of aromatic nitrogens is 2. The fourth-order valence-corrected chi connectivity index (χ4v) is 4.68. The Morgan fingerprint density at radius 2 is 2.00 bits per heavy atom. The maximum Gasteiger partial charge on any atom is 0.246 e. The van der Waals surface area contributed by atoms with Gasteiger partial charge in [0.05, 0.1) is 6.20 Å². The van der Waals surface area contributed by atoms with Crippen molar-refractivity contribution >= 4 is 10.0 Å². The first-order valence-corrected chi connectivity index (χ1v) is 8.67. The summed E-state index contributed by atoms with van der Waals surface area (Å²) in [6.45, 7) is 5.18. The van der Waals surface area contributed by atoms with Crippen LogP contribution >= 0.6 is 0 Å². The summed E-state index contributed by atoms with van der Waals surface area (Å²) in [4.78, 5) is 0.287. The summed E-state index contributed by atoms with van der Waals surface area (Å²) in [5, 5.41) is 4.12. The molecule has 6 nitrogen and oxygen atoms in total. The van der Waals surface area contributed by atoms with Crippen LogP contribution in [-0.2, 0) is 16.6 Å². The van der Waals surface area contributed by atoms with E-state index in [9.17, 15) is 8.42 Å². The van der Waals surface area contributed by atoms with Gasteiger partial charge in [-0.15, -0.1) is 0 Å². The van der Waals surface area contributed by atoms with E-state index in [2.05, 4.69) is 5.10 Å². The summed E-state index contributed by atoms with van der Waals surface area (Å²) in [5.41, 5.74) is 5.45. The molecule has 0 aromatic carbocycles. The van der Waals surface area contributed by atoms with Gasteiger partial charge in [-0.2, -0.15) is 9.40 Å². The van der Waals surface area contributed by atoms with Crippen molar-refractivity contribution in [2.24, 2.45) is 5.73 Å². The van der Waals surface area contributed by atoms with E-state index in [0.717, 1.165) is 25.7 Å². The molecule has 0 amide bonds. The van der Waals surface area contributed by atoms with Gasteiger partial charge in [-0.05, 0) is 39.7 Å². The van der Waals surface area contributed by atoms with Gasteiger partial charge in [0.1, 0.15) is 4.90 Å². The number of sulfonamides is 1. The van der Waals surface area contributed by atoms with Crippen LogP contribution in [0.2, 0.25) is 0 Å². The molecule has 2 atom stereocenters. The number of piperidine rings is 1. The average Bonchev–Trinajstić information content (AvgIpc) is 2.85. The summed E-state index contributed by atoms with van der Waals surface area (Å²) in [7, 11) is -3.45. The predicted molar refractivity (Wildman–Crippen MR) is 77.7 cm³/mol. The van der Waals surface area contributed by atoms with Crippen LogP contribution in [0.1, 0.15) is 39.5 Å². The third-order valence-corrected chi connectivity index (χ3v) is 5.97. The maximum absolute atomic E-state index is 12.7. The van der Waals surface area contributed by atoms with Crippen molar-refractivity contribution in [1.29, 1.82) is 0 Å². The molecule has 0 radical (unpaired) electrons. The Hall–Kier alpha value is -0.920. The Balaban J connectivity index is 2.22. The fourth-order valence-electron chi connectivity index (χ4n) is 2.85. The molecule has 1 aliphatic rings. The largest absolute Gasteiger partial charge is 0.330 e. The highest BCUT2D eigenvalue weighted by Gasteiger charge is 2.36. The van der Waals surface area contributed by atoms with Crippen molar-refractivity contribution in [2.45, 2.75) is 63.1 Å². The Morgan fingerprint density at radius 3 is 2.60 bits per heavy atom. The molecule has 2 rings (SSSR count). The van der Waals surface area contributed by atoms with Gasteiger partial charge in [0.15, 0.2) is 0 Å². The molecular weight excluding hydrogens is 276 g/mol. The minimum Gasteiger partial charge on any atom is -0.330 e. The molecule has 2 heterocycles. The van der Waals surface area contributed by atoms with Crippen LogP contribution in [-0.4, -0.2) is 41.1 Å². The lowest BCUT2D eigenvalue weighted by Crippen LogP contribution is -2.47. The van der Waals surface area contributed by atoms with E-state index in [1.807, 2.05) is 13.8 Å². The average molecular weight is 300 g/mol. The van der Waals surface area contributed by atoms with Crippen LogP contribution in [0.4, 0.5) is 0 Å². The third-order valence-electron chi connectivity index (χ3n) is 3.89. The highest BCUT2D eigenvalue weighted by atomic mass is 32.2. The standard InChI is InChI=1S/C13H24N4O2S/c1-11-5-3-6-12(2)17(11)20(18,19)13-9-15-16(10-13)8-4-7-14/h9-12H,3-8,14H2,1-2H3. The van der Waals surface area contributed by atoms with Gasteiger partial charge in [-0.3, -0.25) is 4.68 Å². The van der Waals surface area contributed by atoms with Crippen LogP contribution in [0, 0.1) is 0 Å². The molecule has 7 heteroatoms. The molecule has 0 bridgehead atoms. The summed E-state index contributed by atoms with van der Waals surface area (Å²) in [6, 6.07) is 0.104. The molecule has 1 aromatic rings. The zero-order valence-corrected chi connectivity index (χ0v) is 13.0. The minimum atomic E-state index is -3.45. The molecule has 0 spiro atoms. The Bertz CT molecular complexity index is 530. The summed E-state index contributed by atoms with van der Waals surface area (Å²) in [6.07, 6.45) is 6.77. The van der Waals surface area contributed by atoms with E-state index in [4.69, 9.17) is 5.73 Å². The van der Waals surface area contributed by atoms with Crippen molar-refractivity contribution in [2.75, 3.05) is 6.54 Å². The minimum absolute atomic E-state index is 0.0520. The normalized spacial score (nSPS) is 24.9. The molecule has 1 fully saturated rings. The van der Waals surface area contributed by atoms with Gasteiger partial charge >= 0.3 is 0 Å². The first kappa shape index (κ1) is 15.5. The number of nitrogens with zero attached hydrogens (tertiary/aromatic N) is 3. The van der Waals surface area contributed by atoms with Crippen LogP contribution in [0.15, 0.2) is 17.3 Å². The van der Waals surface area contributed by atoms with E-state index < -0.39 is 10.0 Å². The second-order valence-corrected chi connectivity index (χ2v) is 7.39. The van der Waals surface area contributed by atoms with Crippen molar-refractivity contribution in [3.63, 3.8) is 0 Å². The molecule has 114 valence electrons. The molecule has 1 aromatic heterocycles. The lowest BCUT2D eigenvalue weighted by Gasteiger charge is -2.37. The van der Waals surface area contributed by atoms with Crippen LogP contribution in [0.5, 0.6) is 0 Å². The highest BCUT2D eigenvalue weighted by molar-refractivity contribution is 7.89. The zero-order chi connectivity index (χ0) is 14.8. The van der Waals surface area contributed by atoms with Gasteiger partial charge in [0.25, 0.3) is 0 Å². The SMILES string of the molecule is CC1CCCC(C)N1S(=O)(=O)c1cnn(CCCN)c1. The number of nitrogens with two attached hydrogens (primary N) is 1. The van der Waals surface area contributed by atoms with Gasteiger partial charge in [-0.25, -0.2) is 8.42 Å². The Morgan fingerprint density at radius 1 is 1.35 bits per heavy atom. The lowest BCUT2D eigenvalue weighted by molar-refractivity contribution is 0.204. The van der Waals surface area contributed by atoms with Crippen molar-refractivity contribution < 1.29 is 8.42 Å². The Labute approximate surface area is 121 Å². The quantitative estimate of drug-likeness (QED) is 0.885. The molecule has 2 N–H and O–H groups in total. The first-order valence-electron chi connectivity index (χ1n) is 7.23. The van der Waals surface area contributed by atoms with E-state index in [1.54, 1.807) is 15.2 Å². The van der Waals surface area contributed by atoms with E-state index >= 15 is 0 Å². The van der Waals surface area contributed by atoms with Crippen LogP contribution in [0.25, 0.3) is 0 Å². The lowest BCUT2D eigenvalue weighted by atomic mass is 10.0. The predicted octanol–water partition coefficient (Wildman–Crippen LogP) is 1.18. The van der Waals surface area contributed by atoms with Crippen LogP contribution < -0.4 is 5.73 Å². The van der Waals surface area contributed by atoms with E-state index in [-0.39, 0.29) is 17.0 Å². The number of hydrogen-bond acceptors (Lipinski definition) is 4. The number of aryl methyl sites for hydroxylation is 1. The molecule has 2 unspecified atom stereocenters. The van der Waals surface area contributed by atoms with Gasteiger partial charge < -0.3 is 5.73 Å². The van der Waals surface area contributed by atoms with E-state index in [0.29, 0.717) is 13.1 Å². The van der Waals surface area contributed by atoms with Crippen molar-refractivity contribution in [1.82, 2.24) is 14.1 Å². The first-order chi connectivity index (χ1) is 9.46. The second kappa shape index (κ2) is 6.24. The van der Waals surface area contributed by atoms with Crippen molar-refractivity contribution in [3.05, 3.63) is 12.4 Å². The molecule has 1 aliphatic heterocycles. The smallest absolute Gasteiger partial charge is 0.246 e. The molecule has 20 heavy (non-hydrogen) atoms. The van der Waals surface area contributed by atoms with E-state index in [1.165, 1.54) is 6.20 Å². The van der Waals surface area contributed by atoms with Gasteiger partial charge in [-0.1, -0.05) is 6.42 Å². The summed E-state index contributed by atoms with van der Waals surface area (Å²) >= 11 is 0. The molecular formula is C13H24N4O2S. The fraction of sp³-hybridized carbons (Fsp3) is 0.769. The number of hydrogen-bond donors (Lipinski definition) is 1. The zero-order valence-electron chi connectivity index (χ0n) is 12.2. The third kappa shape index (κ3) is 3.05. The monoisotopic (exact) mass is 300 g/mol. The molecule has 0 aliphatic carbocycles. The van der Waals surface area contributed by atoms with Crippen molar-refractivity contribution in [3.8, 4) is 0 Å². The van der Waals surface area contributed by atoms with Crippen LogP contribution in [0.3, 0.4) is 0 Å². The molecule has 1 saturated heterocycles. The van der Waals surface area contributed by atoms with Gasteiger partial charge in [0.2, 0.25) is 10.0 Å². The van der Waals surface area contributed by atoms with Gasteiger partial charge in [0, 0.05) is 24.8 Å². The summed E-state index contributed by atoms with van der Waals surface area (Å²) < 4.78 is 28.8. The Kier molecular flexibility index (Phi) is 4.82. The summed E-state index contributed by atoms with van der Waals surface area (Å²) in [5.74, 6) is 0. The number of rotatable bonds is 5. The second-order valence-electron chi connectivity index (χ2n) is 5.55. The molecule has 0 saturated carbocycles. The topological polar surface area (TPSA) is 81.2 Å². The highest BCUT2D eigenvalue weighted by Crippen LogP contribution is 2.29.